The van der Waals surface area contributed by atoms with Gasteiger partial charge in [-0.2, -0.15) is 0 Å². The summed E-state index contributed by atoms with van der Waals surface area (Å²) in [5.74, 6) is -0.277. The van der Waals surface area contributed by atoms with Crippen LogP contribution in [0, 0.1) is 6.92 Å². The van der Waals surface area contributed by atoms with E-state index in [0.29, 0.717) is 17.2 Å². The second-order valence-electron chi connectivity index (χ2n) is 6.04. The zero-order chi connectivity index (χ0) is 19.2. The molecule has 0 bridgehead atoms. The number of anilines is 2. The van der Waals surface area contributed by atoms with Gasteiger partial charge in [0.25, 0.3) is 0 Å². The lowest BCUT2D eigenvalue weighted by Crippen LogP contribution is -2.16. The predicted octanol–water partition coefficient (Wildman–Crippen LogP) is 4.58. The normalized spacial score (nSPS) is 10.4. The molecular weight excluding hydrogens is 426 g/mol. The van der Waals surface area contributed by atoms with Gasteiger partial charge >= 0.3 is 0 Å². The molecule has 2 amide bonds. The number of rotatable bonds is 6. The van der Waals surface area contributed by atoms with Crippen LogP contribution in [0.3, 0.4) is 0 Å². The first kappa shape index (κ1) is 19.3. The van der Waals surface area contributed by atoms with E-state index in [1.54, 1.807) is 5.38 Å². The van der Waals surface area contributed by atoms with E-state index < -0.39 is 0 Å². The van der Waals surface area contributed by atoms with E-state index in [0.717, 1.165) is 21.3 Å². The molecule has 0 unspecified atom stereocenters. The second-order valence-corrected chi connectivity index (χ2v) is 7.76. The van der Waals surface area contributed by atoms with Crippen molar-refractivity contribution in [1.82, 2.24) is 4.98 Å². The topological polar surface area (TPSA) is 71.1 Å². The minimum Gasteiger partial charge on any atom is -0.326 e. The highest BCUT2D eigenvalue weighted by atomic mass is 79.9. The molecule has 0 radical (unpaired) electrons. The van der Waals surface area contributed by atoms with Gasteiger partial charge in [-0.25, -0.2) is 4.98 Å². The summed E-state index contributed by atoms with van der Waals surface area (Å²) in [5.41, 5.74) is 3.36. The molecule has 138 valence electrons. The fourth-order valence-electron chi connectivity index (χ4n) is 2.48. The number of amides is 2. The van der Waals surface area contributed by atoms with E-state index in [2.05, 4.69) is 31.5 Å². The predicted molar refractivity (Wildman–Crippen MR) is 112 cm³/mol. The van der Waals surface area contributed by atoms with Crippen LogP contribution in [-0.2, 0) is 22.4 Å². The average Bonchev–Trinajstić information content (AvgIpc) is 3.05. The van der Waals surface area contributed by atoms with Gasteiger partial charge in [0, 0.05) is 15.5 Å². The number of carbonyl (C=O) groups is 2. The summed E-state index contributed by atoms with van der Waals surface area (Å²) in [6.07, 6.45) is 0.444. The van der Waals surface area contributed by atoms with Gasteiger partial charge in [0.05, 0.1) is 18.5 Å². The Labute approximate surface area is 170 Å². The van der Waals surface area contributed by atoms with Crippen LogP contribution in [0.25, 0.3) is 0 Å². The van der Waals surface area contributed by atoms with E-state index in [4.69, 9.17) is 0 Å². The number of aryl methyl sites for hydroxylation is 1. The van der Waals surface area contributed by atoms with Gasteiger partial charge in [-0.05, 0) is 36.2 Å². The summed E-state index contributed by atoms with van der Waals surface area (Å²) in [6.45, 7) is 1.96. The quantitative estimate of drug-likeness (QED) is 0.585. The van der Waals surface area contributed by atoms with E-state index >= 15 is 0 Å². The van der Waals surface area contributed by atoms with E-state index in [9.17, 15) is 9.59 Å². The van der Waals surface area contributed by atoms with Gasteiger partial charge < -0.3 is 10.6 Å². The number of benzene rings is 2. The smallest absolute Gasteiger partial charge is 0.230 e. The first-order valence-electron chi connectivity index (χ1n) is 8.34. The van der Waals surface area contributed by atoms with Crippen molar-refractivity contribution in [2.45, 2.75) is 19.8 Å². The maximum Gasteiger partial charge on any atom is 0.230 e. The molecule has 1 aromatic heterocycles. The third kappa shape index (κ3) is 5.74. The molecule has 0 saturated heterocycles. The van der Waals surface area contributed by atoms with E-state index in [1.165, 1.54) is 11.3 Å². The average molecular weight is 444 g/mol. The number of nitrogens with one attached hydrogen (secondary N) is 2. The molecule has 0 aliphatic carbocycles. The summed E-state index contributed by atoms with van der Waals surface area (Å²) >= 11 is 4.75. The van der Waals surface area contributed by atoms with Crippen LogP contribution >= 0.6 is 27.3 Å². The van der Waals surface area contributed by atoms with Crippen molar-refractivity contribution >= 4 is 49.9 Å². The molecule has 3 rings (SSSR count). The zero-order valence-electron chi connectivity index (χ0n) is 14.7. The summed E-state index contributed by atoms with van der Waals surface area (Å²) in [7, 11) is 0. The molecule has 0 spiro atoms. The maximum absolute atomic E-state index is 12.2. The monoisotopic (exact) mass is 443 g/mol. The van der Waals surface area contributed by atoms with Crippen molar-refractivity contribution in [3.63, 3.8) is 0 Å². The number of aromatic nitrogens is 1. The second kappa shape index (κ2) is 8.92. The van der Waals surface area contributed by atoms with Crippen LogP contribution in [0.2, 0.25) is 0 Å². The van der Waals surface area contributed by atoms with Crippen LogP contribution in [-0.4, -0.2) is 16.8 Å². The van der Waals surface area contributed by atoms with Crippen LogP contribution in [0.4, 0.5) is 10.8 Å². The van der Waals surface area contributed by atoms with Gasteiger partial charge in [0.2, 0.25) is 11.8 Å². The first-order chi connectivity index (χ1) is 13.0. The molecule has 7 heteroatoms. The molecule has 0 aliphatic heterocycles. The lowest BCUT2D eigenvalue weighted by atomic mass is 10.1. The summed E-state index contributed by atoms with van der Waals surface area (Å²) < 4.78 is 0.996. The number of carbonyl (C=O) groups excluding carboxylic acids is 2. The Morgan fingerprint density at radius 1 is 1.04 bits per heavy atom. The minimum absolute atomic E-state index is 0.128. The largest absolute Gasteiger partial charge is 0.326 e. The summed E-state index contributed by atoms with van der Waals surface area (Å²) in [4.78, 5) is 28.6. The summed E-state index contributed by atoms with van der Waals surface area (Å²) in [6, 6.07) is 15.2. The minimum atomic E-state index is -0.149. The molecule has 0 saturated carbocycles. The number of hydrogen-bond acceptors (Lipinski definition) is 4. The number of hydrogen-bond donors (Lipinski definition) is 2. The molecular formula is C20H18BrN3O2S. The molecule has 5 nitrogen and oxygen atoms in total. The SMILES string of the molecule is Cc1cc(NC(=O)Cc2csc(NC(=O)Cc3ccccc3)n2)ccc1Br. The molecule has 3 aromatic rings. The molecule has 0 fully saturated rings. The lowest BCUT2D eigenvalue weighted by molar-refractivity contribution is -0.116. The van der Waals surface area contributed by atoms with Crippen molar-refractivity contribution in [1.29, 1.82) is 0 Å². The number of nitrogens with zero attached hydrogens (tertiary/aromatic N) is 1. The molecule has 2 N–H and O–H groups in total. The van der Waals surface area contributed by atoms with Crippen molar-refractivity contribution in [3.05, 3.63) is 75.2 Å². The summed E-state index contributed by atoms with van der Waals surface area (Å²) in [5, 5.41) is 7.92. The lowest BCUT2D eigenvalue weighted by Gasteiger charge is -2.06. The number of halogens is 1. The van der Waals surface area contributed by atoms with Gasteiger partial charge in [-0.3, -0.25) is 9.59 Å². The van der Waals surface area contributed by atoms with Gasteiger partial charge in [0.15, 0.2) is 5.13 Å². The number of thiazole rings is 1. The highest BCUT2D eigenvalue weighted by Crippen LogP contribution is 2.21. The molecule has 0 aliphatic rings. The van der Waals surface area contributed by atoms with Gasteiger partial charge in [-0.15, -0.1) is 11.3 Å². The molecule has 2 aromatic carbocycles. The molecule has 27 heavy (non-hydrogen) atoms. The first-order valence-corrected chi connectivity index (χ1v) is 10.0. The van der Waals surface area contributed by atoms with Crippen LogP contribution < -0.4 is 10.6 Å². The standard InChI is InChI=1S/C20H18BrN3O2S/c1-13-9-15(7-8-17(13)21)22-19(26)11-16-12-27-20(23-16)24-18(25)10-14-5-3-2-4-6-14/h2-9,12H,10-11H2,1H3,(H,22,26)(H,23,24,25). The van der Waals surface area contributed by atoms with Crippen molar-refractivity contribution in [2.24, 2.45) is 0 Å². The van der Waals surface area contributed by atoms with Crippen molar-refractivity contribution in [2.75, 3.05) is 10.6 Å². The Morgan fingerprint density at radius 2 is 1.78 bits per heavy atom. The fraction of sp³-hybridized carbons (Fsp3) is 0.150. The van der Waals surface area contributed by atoms with Crippen LogP contribution in [0.15, 0.2) is 58.4 Å². The Kier molecular flexibility index (Phi) is 6.36. The molecule has 0 atom stereocenters. The maximum atomic E-state index is 12.2. The fourth-order valence-corrected chi connectivity index (χ4v) is 3.46. The van der Waals surface area contributed by atoms with Crippen molar-refractivity contribution < 1.29 is 9.59 Å². The van der Waals surface area contributed by atoms with Gasteiger partial charge in [-0.1, -0.05) is 46.3 Å². The highest BCUT2D eigenvalue weighted by Gasteiger charge is 2.11. The van der Waals surface area contributed by atoms with E-state index in [1.807, 2.05) is 55.5 Å². The van der Waals surface area contributed by atoms with E-state index in [-0.39, 0.29) is 18.2 Å². The molecule has 1 heterocycles. The Bertz CT molecular complexity index is 957. The van der Waals surface area contributed by atoms with Crippen LogP contribution in [0.1, 0.15) is 16.8 Å². The third-order valence-electron chi connectivity index (χ3n) is 3.79. The zero-order valence-corrected chi connectivity index (χ0v) is 17.1. The van der Waals surface area contributed by atoms with Crippen LogP contribution in [0.5, 0.6) is 0 Å². The Morgan fingerprint density at radius 3 is 2.52 bits per heavy atom. The van der Waals surface area contributed by atoms with Crippen molar-refractivity contribution in [3.8, 4) is 0 Å². The Hall–Kier alpha value is -2.51. The Balaban J connectivity index is 1.53. The highest BCUT2D eigenvalue weighted by molar-refractivity contribution is 9.10. The third-order valence-corrected chi connectivity index (χ3v) is 5.49. The van der Waals surface area contributed by atoms with Gasteiger partial charge in [0.1, 0.15) is 0 Å².